The highest BCUT2D eigenvalue weighted by Crippen LogP contribution is 2.35. The first-order valence-corrected chi connectivity index (χ1v) is 6.95. The van der Waals surface area contributed by atoms with Crippen molar-refractivity contribution in [3.05, 3.63) is 16.1 Å². The van der Waals surface area contributed by atoms with Crippen LogP contribution in [0, 0.1) is 0 Å². The first kappa shape index (κ1) is 14.3. The normalized spacial score (nSPS) is 12.4. The summed E-state index contributed by atoms with van der Waals surface area (Å²) in [6, 6.07) is 1.47. The van der Waals surface area contributed by atoms with Crippen LogP contribution >= 0.6 is 34.9 Å². The number of anilines is 1. The second-order valence-corrected chi connectivity index (χ2v) is 5.35. The maximum absolute atomic E-state index is 11.2. The molecule has 1 atom stereocenters. The highest BCUT2D eigenvalue weighted by molar-refractivity contribution is 7.00. The van der Waals surface area contributed by atoms with Gasteiger partial charge < -0.3 is 10.1 Å². The lowest BCUT2D eigenvalue weighted by Crippen LogP contribution is -2.20. The van der Waals surface area contributed by atoms with Gasteiger partial charge in [0.15, 0.2) is 0 Å². The van der Waals surface area contributed by atoms with Gasteiger partial charge in [-0.1, -0.05) is 23.2 Å². The zero-order chi connectivity index (χ0) is 14.0. The van der Waals surface area contributed by atoms with E-state index in [1.54, 1.807) is 6.07 Å². The average Bonchev–Trinajstić information content (AvgIpc) is 2.83. The van der Waals surface area contributed by atoms with E-state index in [1.807, 2.05) is 6.92 Å². The molecule has 1 heterocycles. The zero-order valence-corrected chi connectivity index (χ0v) is 12.6. The van der Waals surface area contributed by atoms with E-state index in [9.17, 15) is 4.79 Å². The molecule has 2 rings (SSSR count). The maximum Gasteiger partial charge on any atom is 0.307 e. The summed E-state index contributed by atoms with van der Waals surface area (Å²) in [6.07, 6.45) is 0.231. The summed E-state index contributed by atoms with van der Waals surface area (Å²) in [7, 11) is 1.35. The van der Waals surface area contributed by atoms with E-state index in [0.29, 0.717) is 26.8 Å². The van der Waals surface area contributed by atoms with Gasteiger partial charge in [0.25, 0.3) is 0 Å². The predicted octanol–water partition coefficient (Wildman–Crippen LogP) is 3.36. The minimum absolute atomic E-state index is 0.143. The van der Waals surface area contributed by atoms with Gasteiger partial charge in [0, 0.05) is 6.04 Å². The van der Waals surface area contributed by atoms with E-state index >= 15 is 0 Å². The molecule has 0 bridgehead atoms. The van der Waals surface area contributed by atoms with E-state index in [1.165, 1.54) is 7.11 Å². The molecular formula is C11H11Cl2N3O2S. The summed E-state index contributed by atoms with van der Waals surface area (Å²) in [5, 5.41) is 4.05. The van der Waals surface area contributed by atoms with Crippen LogP contribution in [0.2, 0.25) is 10.0 Å². The molecule has 8 heteroatoms. The van der Waals surface area contributed by atoms with E-state index in [0.717, 1.165) is 11.7 Å². The van der Waals surface area contributed by atoms with Crippen molar-refractivity contribution in [3.8, 4) is 0 Å². The molecule has 1 aromatic carbocycles. The van der Waals surface area contributed by atoms with E-state index in [-0.39, 0.29) is 18.4 Å². The molecule has 102 valence electrons. The summed E-state index contributed by atoms with van der Waals surface area (Å²) >= 11 is 13.3. The number of nitrogens with zero attached hydrogens (tertiary/aromatic N) is 2. The number of aromatic nitrogens is 2. The number of ether oxygens (including phenoxy) is 1. The van der Waals surface area contributed by atoms with Crippen LogP contribution in [-0.4, -0.2) is 27.9 Å². The maximum atomic E-state index is 11.2. The zero-order valence-electron chi connectivity index (χ0n) is 10.2. The third-order valence-corrected chi connectivity index (χ3v) is 3.65. The van der Waals surface area contributed by atoms with Crippen molar-refractivity contribution < 1.29 is 9.53 Å². The minimum Gasteiger partial charge on any atom is -0.469 e. The molecule has 0 saturated heterocycles. The number of carbonyl (C=O) groups excluding carboxylic acids is 1. The largest absolute Gasteiger partial charge is 0.469 e. The number of esters is 1. The number of nitrogens with one attached hydrogen (secondary N) is 1. The molecule has 1 unspecified atom stereocenters. The fourth-order valence-corrected chi connectivity index (χ4v) is 2.81. The first-order valence-electron chi connectivity index (χ1n) is 5.46. The van der Waals surface area contributed by atoms with E-state index in [4.69, 9.17) is 23.2 Å². The molecule has 0 aliphatic rings. The van der Waals surface area contributed by atoms with Crippen LogP contribution in [0.1, 0.15) is 13.3 Å². The molecule has 1 aromatic heterocycles. The molecule has 5 nitrogen and oxygen atoms in total. The topological polar surface area (TPSA) is 64.1 Å². The summed E-state index contributed by atoms with van der Waals surface area (Å²) in [5.74, 6) is -0.294. The van der Waals surface area contributed by atoms with Crippen LogP contribution in [0.25, 0.3) is 11.0 Å². The average molecular weight is 320 g/mol. The van der Waals surface area contributed by atoms with Crippen molar-refractivity contribution >= 4 is 57.6 Å². The molecular weight excluding hydrogens is 309 g/mol. The number of fused-ring (bicyclic) bond motifs is 1. The number of benzene rings is 1. The van der Waals surface area contributed by atoms with Crippen LogP contribution in [0.3, 0.4) is 0 Å². The van der Waals surface area contributed by atoms with Gasteiger partial charge in [-0.3, -0.25) is 4.79 Å². The van der Waals surface area contributed by atoms with Gasteiger partial charge in [0.2, 0.25) is 0 Å². The summed E-state index contributed by atoms with van der Waals surface area (Å²) in [5.41, 5.74) is 1.84. The summed E-state index contributed by atoms with van der Waals surface area (Å²) in [4.78, 5) is 11.2. The van der Waals surface area contributed by atoms with Crippen molar-refractivity contribution in [2.45, 2.75) is 19.4 Å². The molecule has 0 fully saturated rings. The van der Waals surface area contributed by atoms with Crippen molar-refractivity contribution in [3.63, 3.8) is 0 Å². The lowest BCUT2D eigenvalue weighted by molar-refractivity contribution is -0.140. The predicted molar refractivity (Wildman–Crippen MR) is 77.2 cm³/mol. The quantitative estimate of drug-likeness (QED) is 0.875. The Morgan fingerprint density at radius 2 is 2.11 bits per heavy atom. The van der Waals surface area contributed by atoms with Gasteiger partial charge >= 0.3 is 5.97 Å². The highest BCUT2D eigenvalue weighted by Gasteiger charge is 2.17. The van der Waals surface area contributed by atoms with E-state index < -0.39 is 0 Å². The Kier molecular flexibility index (Phi) is 4.44. The number of rotatable bonds is 4. The molecule has 0 radical (unpaired) electrons. The fourth-order valence-electron chi connectivity index (χ4n) is 1.64. The van der Waals surface area contributed by atoms with Crippen molar-refractivity contribution in [2.24, 2.45) is 0 Å². The molecule has 0 aliphatic heterocycles. The Morgan fingerprint density at radius 1 is 1.42 bits per heavy atom. The molecule has 2 aromatic rings. The molecule has 0 spiro atoms. The Balaban J connectivity index is 2.30. The third kappa shape index (κ3) is 3.08. The van der Waals surface area contributed by atoms with Crippen LogP contribution in [0.5, 0.6) is 0 Å². The van der Waals surface area contributed by atoms with Crippen LogP contribution < -0.4 is 5.32 Å². The second-order valence-electron chi connectivity index (χ2n) is 4.00. The number of hydrogen-bond acceptors (Lipinski definition) is 6. The second kappa shape index (κ2) is 5.90. The first-order chi connectivity index (χ1) is 9.02. The fraction of sp³-hybridized carbons (Fsp3) is 0.364. The Labute approximate surface area is 124 Å². The third-order valence-electron chi connectivity index (χ3n) is 2.54. The van der Waals surface area contributed by atoms with Crippen molar-refractivity contribution in [2.75, 3.05) is 12.4 Å². The summed E-state index contributed by atoms with van der Waals surface area (Å²) in [6.45, 7) is 1.85. The SMILES string of the molecule is COC(=O)CC(C)Nc1c(Cl)cc(Cl)c2nsnc12. The minimum atomic E-state index is -0.294. The standard InChI is InChI=1S/C11H11Cl2N3O2S/c1-5(3-8(17)18-2)14-9-6(12)4-7(13)10-11(9)16-19-15-10/h4-5,14H,3H2,1-2H3. The Bertz CT molecular complexity index is 617. The molecule has 19 heavy (non-hydrogen) atoms. The van der Waals surface area contributed by atoms with Gasteiger partial charge in [-0.2, -0.15) is 8.75 Å². The molecule has 1 N–H and O–H groups in total. The van der Waals surface area contributed by atoms with Crippen molar-refractivity contribution in [1.29, 1.82) is 0 Å². The smallest absolute Gasteiger partial charge is 0.307 e. The van der Waals surface area contributed by atoms with Crippen molar-refractivity contribution in [1.82, 2.24) is 8.75 Å². The molecule has 0 amide bonds. The lowest BCUT2D eigenvalue weighted by atomic mass is 10.2. The number of hydrogen-bond donors (Lipinski definition) is 1. The van der Waals surface area contributed by atoms with Gasteiger partial charge in [0.1, 0.15) is 11.0 Å². The van der Waals surface area contributed by atoms with Gasteiger partial charge in [-0.05, 0) is 13.0 Å². The van der Waals surface area contributed by atoms with Gasteiger partial charge in [0.05, 0.1) is 41.0 Å². The Morgan fingerprint density at radius 3 is 2.79 bits per heavy atom. The highest BCUT2D eigenvalue weighted by atomic mass is 35.5. The van der Waals surface area contributed by atoms with E-state index in [2.05, 4.69) is 18.8 Å². The van der Waals surface area contributed by atoms with Gasteiger partial charge in [-0.15, -0.1) is 0 Å². The summed E-state index contributed by atoms with van der Waals surface area (Å²) < 4.78 is 12.9. The molecule has 0 saturated carbocycles. The Hall–Kier alpha value is -1.11. The lowest BCUT2D eigenvalue weighted by Gasteiger charge is -2.15. The van der Waals surface area contributed by atoms with Gasteiger partial charge in [-0.25, -0.2) is 0 Å². The monoisotopic (exact) mass is 319 g/mol. The number of carbonyl (C=O) groups is 1. The molecule has 0 aliphatic carbocycles. The van der Waals surface area contributed by atoms with Crippen LogP contribution in [0.4, 0.5) is 5.69 Å². The number of halogens is 2. The van der Waals surface area contributed by atoms with Crippen LogP contribution in [0.15, 0.2) is 6.07 Å². The van der Waals surface area contributed by atoms with Crippen LogP contribution in [-0.2, 0) is 9.53 Å². The number of methoxy groups -OCH3 is 1.